The lowest BCUT2D eigenvalue weighted by Crippen LogP contribution is -2.41. The summed E-state index contributed by atoms with van der Waals surface area (Å²) in [5, 5.41) is 9.66. The minimum absolute atomic E-state index is 0.0202. The number of carbonyl (C=O) groups is 3. The number of anilines is 1. The van der Waals surface area contributed by atoms with E-state index in [1.165, 1.54) is 12.1 Å². The molecule has 2 aromatic heterocycles. The second-order valence-corrected chi connectivity index (χ2v) is 9.81. The van der Waals surface area contributed by atoms with Crippen LogP contribution in [0, 0.1) is 11.7 Å². The summed E-state index contributed by atoms with van der Waals surface area (Å²) in [6.45, 7) is 1.93. The van der Waals surface area contributed by atoms with Crippen molar-refractivity contribution in [3.05, 3.63) is 67.6 Å². The zero-order chi connectivity index (χ0) is 22.8. The van der Waals surface area contributed by atoms with Gasteiger partial charge in [-0.3, -0.25) is 19.7 Å². The Balaban J connectivity index is 1.43. The lowest BCUT2D eigenvalue weighted by molar-refractivity contribution is -0.125. The molecule has 10 heteroatoms. The molecule has 3 aromatic rings. The molecule has 0 unspecified atom stereocenters. The van der Waals surface area contributed by atoms with E-state index in [1.807, 2.05) is 23.8 Å². The number of Topliss-reactive ketones (excluding diaryl/α,β-unsaturated/α-hetero) is 1. The number of halogens is 2. The van der Waals surface area contributed by atoms with Crippen LogP contribution in [-0.2, 0) is 17.6 Å². The predicted molar refractivity (Wildman–Crippen MR) is 123 cm³/mol. The number of thiazole rings is 1. The zero-order valence-electron chi connectivity index (χ0n) is 17.0. The Morgan fingerprint density at radius 2 is 2.12 bits per heavy atom. The molecule has 1 aliphatic rings. The monoisotopic (exact) mass is 491 g/mol. The fraction of sp³-hybridized carbons (Fsp3) is 0.273. The molecular weight excluding hydrogens is 473 g/mol. The molecule has 2 amide bonds. The molecule has 0 saturated carbocycles. The number of hydrogen-bond donors (Lipinski definition) is 2. The van der Waals surface area contributed by atoms with Gasteiger partial charge in [0, 0.05) is 18.9 Å². The summed E-state index contributed by atoms with van der Waals surface area (Å²) < 4.78 is 14.0. The van der Waals surface area contributed by atoms with Crippen molar-refractivity contribution in [2.24, 2.45) is 5.92 Å². The smallest absolute Gasteiger partial charge is 0.261 e. The van der Waals surface area contributed by atoms with Crippen molar-refractivity contribution in [2.45, 2.75) is 32.2 Å². The molecule has 1 aromatic carbocycles. The van der Waals surface area contributed by atoms with Gasteiger partial charge in [0.2, 0.25) is 5.91 Å². The van der Waals surface area contributed by atoms with E-state index in [0.29, 0.717) is 23.4 Å². The number of amides is 2. The van der Waals surface area contributed by atoms with Crippen LogP contribution in [0.25, 0.3) is 0 Å². The van der Waals surface area contributed by atoms with Gasteiger partial charge in [-0.05, 0) is 47.9 Å². The fourth-order valence-electron chi connectivity index (χ4n) is 3.62. The first-order chi connectivity index (χ1) is 15.3. The van der Waals surface area contributed by atoms with Crippen LogP contribution in [-0.4, -0.2) is 28.6 Å². The van der Waals surface area contributed by atoms with Gasteiger partial charge in [0.15, 0.2) is 10.9 Å². The predicted octanol–water partition coefficient (Wildman–Crippen LogP) is 4.74. The maximum atomic E-state index is 14.0. The van der Waals surface area contributed by atoms with E-state index in [2.05, 4.69) is 15.6 Å². The van der Waals surface area contributed by atoms with E-state index in [1.54, 1.807) is 11.3 Å². The van der Waals surface area contributed by atoms with Crippen LogP contribution >= 0.6 is 34.3 Å². The van der Waals surface area contributed by atoms with E-state index < -0.39 is 17.6 Å². The molecular formula is C22H19ClFN3O3S2. The Hall–Kier alpha value is -2.62. The lowest BCUT2D eigenvalue weighted by atomic mass is 9.89. The second kappa shape index (κ2) is 9.48. The van der Waals surface area contributed by atoms with Gasteiger partial charge in [0.25, 0.3) is 5.91 Å². The Labute approximate surface area is 196 Å². The van der Waals surface area contributed by atoms with Crippen LogP contribution in [0.2, 0.25) is 5.02 Å². The molecule has 0 radical (unpaired) electrons. The normalized spacial score (nSPS) is 16.3. The van der Waals surface area contributed by atoms with Gasteiger partial charge in [0.1, 0.15) is 5.82 Å². The van der Waals surface area contributed by atoms with Gasteiger partial charge in [-0.15, -0.1) is 0 Å². The number of carbonyl (C=O) groups excluding carboxylic acids is 3. The second-order valence-electron chi connectivity index (χ2n) is 7.62. The molecule has 2 heterocycles. The Bertz CT molecular complexity index is 1160. The molecule has 0 saturated heterocycles. The zero-order valence-corrected chi connectivity index (χ0v) is 19.4. The van der Waals surface area contributed by atoms with Crippen molar-refractivity contribution in [3.63, 3.8) is 0 Å². The van der Waals surface area contributed by atoms with E-state index in [4.69, 9.17) is 11.6 Å². The molecule has 6 nitrogen and oxygen atoms in total. The Morgan fingerprint density at radius 1 is 1.31 bits per heavy atom. The summed E-state index contributed by atoms with van der Waals surface area (Å²) in [5.41, 5.74) is 1.33. The van der Waals surface area contributed by atoms with Gasteiger partial charge in [-0.2, -0.15) is 11.3 Å². The average molecular weight is 492 g/mol. The third-order valence-electron chi connectivity index (χ3n) is 5.11. The lowest BCUT2D eigenvalue weighted by Gasteiger charge is -2.22. The molecule has 4 rings (SSSR count). The number of hydrogen-bond acceptors (Lipinski definition) is 6. The quantitative estimate of drug-likeness (QED) is 0.521. The van der Waals surface area contributed by atoms with Gasteiger partial charge in [0.05, 0.1) is 27.1 Å². The number of rotatable bonds is 6. The molecule has 1 aliphatic carbocycles. The molecule has 0 fully saturated rings. The Kier molecular flexibility index (Phi) is 6.68. The number of fused-ring (bicyclic) bond motifs is 1. The fourth-order valence-corrected chi connectivity index (χ4v) is 5.48. The van der Waals surface area contributed by atoms with E-state index >= 15 is 0 Å². The van der Waals surface area contributed by atoms with Crippen molar-refractivity contribution in [2.75, 3.05) is 5.32 Å². The van der Waals surface area contributed by atoms with Gasteiger partial charge in [-0.1, -0.05) is 29.0 Å². The average Bonchev–Trinajstić information content (AvgIpc) is 3.37. The first-order valence-electron chi connectivity index (χ1n) is 9.91. The summed E-state index contributed by atoms with van der Waals surface area (Å²) in [6, 6.07) is 5.91. The molecule has 166 valence electrons. The number of nitrogens with zero attached hydrogens (tertiary/aromatic N) is 1. The highest BCUT2D eigenvalue weighted by molar-refractivity contribution is 7.17. The Morgan fingerprint density at radius 3 is 2.84 bits per heavy atom. The van der Waals surface area contributed by atoms with E-state index in [0.717, 1.165) is 23.0 Å². The van der Waals surface area contributed by atoms with Crippen LogP contribution < -0.4 is 10.6 Å². The molecule has 32 heavy (non-hydrogen) atoms. The molecule has 2 N–H and O–H groups in total. The van der Waals surface area contributed by atoms with Crippen LogP contribution in [0.3, 0.4) is 0 Å². The standard InChI is InChI=1S/C22H19ClFN3O3S2/c1-11(7-12-5-6-31-10-12)25-20(29)13-8-16-19(17(28)9-13)32-22(26-16)27-21(30)18-14(23)3-2-4-15(18)24/h2-6,10-11,13H,7-9H2,1H3,(H,25,29)(H,26,27,30)/t11-,13-/m1/s1. The van der Waals surface area contributed by atoms with Crippen LogP contribution in [0.4, 0.5) is 9.52 Å². The first-order valence-corrected chi connectivity index (χ1v) is 12.0. The van der Waals surface area contributed by atoms with Gasteiger partial charge < -0.3 is 5.32 Å². The number of nitrogens with one attached hydrogen (secondary N) is 2. The van der Waals surface area contributed by atoms with Gasteiger partial charge in [-0.25, -0.2) is 9.37 Å². The topological polar surface area (TPSA) is 88.2 Å². The number of benzene rings is 1. The minimum Gasteiger partial charge on any atom is -0.353 e. The third kappa shape index (κ3) is 4.90. The van der Waals surface area contributed by atoms with Gasteiger partial charge >= 0.3 is 0 Å². The molecule has 2 atom stereocenters. The SMILES string of the molecule is C[C@H](Cc1ccsc1)NC(=O)[C@H]1CC(=O)c2sc(NC(=O)c3c(F)cccc3Cl)nc2C1. The van der Waals surface area contributed by atoms with Crippen molar-refractivity contribution in [1.82, 2.24) is 10.3 Å². The number of thiophene rings is 1. The summed E-state index contributed by atoms with van der Waals surface area (Å²) >= 11 is 8.56. The number of aromatic nitrogens is 1. The van der Waals surface area contributed by atoms with Crippen molar-refractivity contribution in [3.8, 4) is 0 Å². The third-order valence-corrected chi connectivity index (χ3v) is 7.22. The van der Waals surface area contributed by atoms with Crippen molar-refractivity contribution in [1.29, 1.82) is 0 Å². The van der Waals surface area contributed by atoms with E-state index in [-0.39, 0.29) is 39.9 Å². The van der Waals surface area contributed by atoms with Crippen LogP contribution in [0.15, 0.2) is 35.0 Å². The van der Waals surface area contributed by atoms with Crippen molar-refractivity contribution >= 4 is 57.0 Å². The summed E-state index contributed by atoms with van der Waals surface area (Å²) in [7, 11) is 0. The van der Waals surface area contributed by atoms with E-state index in [9.17, 15) is 18.8 Å². The molecule has 0 bridgehead atoms. The molecule has 0 aliphatic heterocycles. The highest BCUT2D eigenvalue weighted by atomic mass is 35.5. The largest absolute Gasteiger partial charge is 0.353 e. The van der Waals surface area contributed by atoms with Crippen LogP contribution in [0.5, 0.6) is 0 Å². The summed E-state index contributed by atoms with van der Waals surface area (Å²) in [5.74, 6) is -2.40. The summed E-state index contributed by atoms with van der Waals surface area (Å²) in [4.78, 5) is 42.5. The highest BCUT2D eigenvalue weighted by Crippen LogP contribution is 2.33. The van der Waals surface area contributed by atoms with Crippen LogP contribution in [0.1, 0.15) is 44.6 Å². The maximum Gasteiger partial charge on any atom is 0.261 e. The number of ketones is 1. The van der Waals surface area contributed by atoms with Crippen molar-refractivity contribution < 1.29 is 18.8 Å². The first kappa shape index (κ1) is 22.6. The summed E-state index contributed by atoms with van der Waals surface area (Å²) in [6.07, 6.45) is 1.09. The maximum absolute atomic E-state index is 14.0. The molecule has 0 spiro atoms. The minimum atomic E-state index is -0.749. The highest BCUT2D eigenvalue weighted by Gasteiger charge is 2.33.